The molecular weight excluding hydrogens is 547 g/mol. The third kappa shape index (κ3) is 7.19. The molecule has 1 fully saturated rings. The van der Waals surface area contributed by atoms with E-state index in [-0.39, 0.29) is 11.2 Å². The number of hydrogen-bond acceptors (Lipinski definition) is 5. The molecule has 0 amide bonds. The number of halogens is 3. The molecule has 1 spiro atoms. The first-order chi connectivity index (χ1) is 19.0. The van der Waals surface area contributed by atoms with Gasteiger partial charge in [-0.2, -0.15) is 25.8 Å². The molecule has 0 bridgehead atoms. The van der Waals surface area contributed by atoms with Crippen molar-refractivity contribution in [3.05, 3.63) is 63.5 Å². The van der Waals surface area contributed by atoms with Gasteiger partial charge in [0.1, 0.15) is 11.8 Å². The van der Waals surface area contributed by atoms with Crippen LogP contribution in [0.4, 0.5) is 13.2 Å². The van der Waals surface area contributed by atoms with E-state index in [1.807, 2.05) is 0 Å². The number of carbonyl (C=O) groups excluding carboxylic acids is 1. The van der Waals surface area contributed by atoms with Gasteiger partial charge in [-0.25, -0.2) is 4.98 Å². The molecule has 2 atom stereocenters. The summed E-state index contributed by atoms with van der Waals surface area (Å²) in [6, 6.07) is 4.95. The number of rotatable bonds is 2. The van der Waals surface area contributed by atoms with Gasteiger partial charge in [-0.05, 0) is 66.0 Å². The Balaban J connectivity index is 0.000000515. The molecule has 1 saturated carbocycles. The van der Waals surface area contributed by atoms with Crippen molar-refractivity contribution in [1.82, 2.24) is 4.98 Å². The van der Waals surface area contributed by atoms with Gasteiger partial charge in [-0.3, -0.25) is 4.79 Å². The van der Waals surface area contributed by atoms with Crippen LogP contribution in [-0.4, -0.2) is 22.1 Å². The third-order valence-electron chi connectivity index (χ3n) is 8.48. The van der Waals surface area contributed by atoms with Gasteiger partial charge in [0, 0.05) is 23.7 Å². The van der Waals surface area contributed by atoms with Crippen LogP contribution in [-0.2, 0) is 22.9 Å². The van der Waals surface area contributed by atoms with Crippen molar-refractivity contribution >= 4 is 18.4 Å². The van der Waals surface area contributed by atoms with Crippen molar-refractivity contribution in [1.29, 1.82) is 0 Å². The van der Waals surface area contributed by atoms with Crippen LogP contribution in [0, 0.1) is 10.8 Å². The average Bonchev–Trinajstić information content (AvgIpc) is 3.48. The number of benzene rings is 1. The fraction of sp³-hybridized carbons (Fsp3) is 0.636. The average molecular weight is 594 g/mol. The van der Waals surface area contributed by atoms with Crippen LogP contribution in [0.3, 0.4) is 0 Å². The van der Waals surface area contributed by atoms with Gasteiger partial charge in [0.25, 0.3) is 0 Å². The number of nitrogens with zero attached hydrogens (tertiary/aromatic N) is 1. The van der Waals surface area contributed by atoms with Crippen molar-refractivity contribution in [2.45, 2.75) is 117 Å². The van der Waals surface area contributed by atoms with Crippen LogP contribution in [0.5, 0.6) is 0 Å². The number of aliphatic hydroxyl groups excluding tert-OH is 1. The number of alkyl halides is 3. The van der Waals surface area contributed by atoms with Gasteiger partial charge in [0.15, 0.2) is 5.78 Å². The standard InChI is InChI=1S/C26H28F3NO3.C6H14.CH4S/c1-14(31)22-20-21(19-17(30-22)12-24(2,3)13-18(19)32)25(10-4-5-11-25)33-23(20)15-6-8-16(9-7-15)26(27,28)29;1-5-6(2,3)4;1-2/h6-9,18,23,32H,4-5,10-13H2,1-3H3;5H2,1-4H3;2H,1H3. The smallest absolute Gasteiger partial charge is 0.388 e. The van der Waals surface area contributed by atoms with E-state index in [0.717, 1.165) is 54.6 Å². The summed E-state index contributed by atoms with van der Waals surface area (Å²) < 4.78 is 46.0. The molecule has 1 aromatic heterocycles. The summed E-state index contributed by atoms with van der Waals surface area (Å²) in [4.78, 5) is 17.5. The Labute approximate surface area is 248 Å². The Morgan fingerprint density at radius 2 is 1.61 bits per heavy atom. The van der Waals surface area contributed by atoms with Crippen molar-refractivity contribution in [2.75, 3.05) is 6.26 Å². The number of Topliss-reactive ketones (excluding diaryl/α,β-unsaturated/α-hetero) is 1. The number of ketones is 1. The molecule has 2 unspecified atom stereocenters. The highest BCUT2D eigenvalue weighted by Crippen LogP contribution is 2.59. The van der Waals surface area contributed by atoms with Gasteiger partial charge in [-0.1, -0.05) is 72.9 Å². The first-order valence-electron chi connectivity index (χ1n) is 14.5. The summed E-state index contributed by atoms with van der Waals surface area (Å²) in [5.74, 6) is -0.206. The van der Waals surface area contributed by atoms with Crippen LogP contribution in [0.2, 0.25) is 0 Å². The van der Waals surface area contributed by atoms with Crippen LogP contribution >= 0.6 is 12.6 Å². The second-order valence-corrected chi connectivity index (χ2v) is 13.5. The van der Waals surface area contributed by atoms with E-state index >= 15 is 0 Å². The maximum absolute atomic E-state index is 13.1. The van der Waals surface area contributed by atoms with E-state index in [9.17, 15) is 23.1 Å². The van der Waals surface area contributed by atoms with Crippen LogP contribution in [0.15, 0.2) is 24.3 Å². The lowest BCUT2D eigenvalue weighted by Gasteiger charge is -2.37. The maximum Gasteiger partial charge on any atom is 0.416 e. The summed E-state index contributed by atoms with van der Waals surface area (Å²) in [6.45, 7) is 14.6. The third-order valence-corrected chi connectivity index (χ3v) is 8.48. The van der Waals surface area contributed by atoms with Crippen LogP contribution in [0.25, 0.3) is 0 Å². The second-order valence-electron chi connectivity index (χ2n) is 13.5. The first-order valence-corrected chi connectivity index (χ1v) is 15.4. The molecule has 3 aliphatic rings. The van der Waals surface area contributed by atoms with Crippen LogP contribution < -0.4 is 0 Å². The van der Waals surface area contributed by atoms with E-state index < -0.39 is 29.5 Å². The molecule has 1 aromatic carbocycles. The van der Waals surface area contributed by atoms with E-state index in [2.05, 4.69) is 54.2 Å². The Morgan fingerprint density at radius 1 is 1.07 bits per heavy atom. The minimum Gasteiger partial charge on any atom is -0.388 e. The number of aromatic nitrogens is 1. The predicted molar refractivity (Wildman–Crippen MR) is 160 cm³/mol. The van der Waals surface area contributed by atoms with Crippen LogP contribution in [0.1, 0.15) is 143 Å². The zero-order valence-electron chi connectivity index (χ0n) is 25.7. The largest absolute Gasteiger partial charge is 0.416 e. The summed E-state index contributed by atoms with van der Waals surface area (Å²) in [5, 5.41) is 11.2. The highest BCUT2D eigenvalue weighted by molar-refractivity contribution is 7.79. The molecule has 2 aromatic rings. The van der Waals surface area contributed by atoms with E-state index in [1.165, 1.54) is 25.5 Å². The Bertz CT molecular complexity index is 1230. The van der Waals surface area contributed by atoms with Gasteiger partial charge < -0.3 is 9.84 Å². The lowest BCUT2D eigenvalue weighted by molar-refractivity contribution is -0.137. The molecule has 1 aliphatic heterocycles. The fourth-order valence-corrected chi connectivity index (χ4v) is 6.06. The Morgan fingerprint density at radius 3 is 2.07 bits per heavy atom. The Hall–Kier alpha value is -1.90. The molecule has 2 aliphatic carbocycles. The predicted octanol–water partition coefficient (Wildman–Crippen LogP) is 9.19. The number of hydrogen-bond donors (Lipinski definition) is 2. The van der Waals surface area contributed by atoms with Gasteiger partial charge in [-0.15, -0.1) is 0 Å². The van der Waals surface area contributed by atoms with E-state index in [1.54, 1.807) is 6.26 Å². The normalized spacial score (nSPS) is 22.2. The van der Waals surface area contributed by atoms with Gasteiger partial charge >= 0.3 is 6.18 Å². The minimum absolute atomic E-state index is 0.156. The van der Waals surface area contributed by atoms with Gasteiger partial charge in [0.2, 0.25) is 0 Å². The van der Waals surface area contributed by atoms with E-state index in [0.29, 0.717) is 35.1 Å². The monoisotopic (exact) mass is 593 g/mol. The van der Waals surface area contributed by atoms with Crippen molar-refractivity contribution < 1.29 is 27.8 Å². The number of fused-ring (bicyclic) bond motifs is 4. The Kier molecular flexibility index (Phi) is 10.1. The summed E-state index contributed by atoms with van der Waals surface area (Å²) in [5.41, 5.74) is 2.87. The molecule has 5 rings (SSSR count). The summed E-state index contributed by atoms with van der Waals surface area (Å²) in [7, 11) is 0. The quantitative estimate of drug-likeness (QED) is 0.269. The summed E-state index contributed by atoms with van der Waals surface area (Å²) >= 11 is 3.53. The molecule has 228 valence electrons. The maximum atomic E-state index is 13.1. The molecule has 1 N–H and O–H groups in total. The lowest BCUT2D eigenvalue weighted by Crippen LogP contribution is -2.32. The highest BCUT2D eigenvalue weighted by atomic mass is 32.1. The first kappa shape index (κ1) is 33.6. The molecule has 0 radical (unpaired) electrons. The van der Waals surface area contributed by atoms with Gasteiger partial charge in [0.05, 0.1) is 17.3 Å². The number of pyridine rings is 1. The second kappa shape index (κ2) is 12.4. The molecule has 4 nitrogen and oxygen atoms in total. The molecular formula is C33H46F3NO3S. The van der Waals surface area contributed by atoms with E-state index in [4.69, 9.17) is 9.72 Å². The fourth-order valence-electron chi connectivity index (χ4n) is 6.06. The molecule has 0 saturated heterocycles. The zero-order chi connectivity index (χ0) is 31.0. The molecule has 41 heavy (non-hydrogen) atoms. The number of aliphatic hydroxyl groups is 1. The number of thiol groups is 1. The van der Waals surface area contributed by atoms with Crippen molar-refractivity contribution in [3.8, 4) is 0 Å². The molecule has 8 heteroatoms. The minimum atomic E-state index is -4.43. The summed E-state index contributed by atoms with van der Waals surface area (Å²) in [6.07, 6.45) is 1.75. The topological polar surface area (TPSA) is 59.4 Å². The zero-order valence-corrected chi connectivity index (χ0v) is 26.6. The highest BCUT2D eigenvalue weighted by Gasteiger charge is 2.53. The lowest BCUT2D eigenvalue weighted by atomic mass is 9.70. The number of carbonyl (C=O) groups is 1. The molecule has 2 heterocycles. The van der Waals surface area contributed by atoms with Crippen molar-refractivity contribution in [3.63, 3.8) is 0 Å². The van der Waals surface area contributed by atoms with Crippen molar-refractivity contribution in [2.24, 2.45) is 10.8 Å². The SMILES string of the molecule is CC(=O)c1nc2c(c3c1C(c1ccc(C(F)(F)F)cc1)OC31CCCC1)C(O)CC(C)(C)C2.CCC(C)(C)C.CS. The number of ether oxygens (including phenoxy) is 1.